The zero-order chi connectivity index (χ0) is 13.0. The van der Waals surface area contributed by atoms with Crippen molar-refractivity contribution in [3.05, 3.63) is 53.4 Å². The van der Waals surface area contributed by atoms with Crippen LogP contribution in [-0.4, -0.2) is 22.4 Å². The molecule has 2 rings (SSSR count). The fourth-order valence-electron chi connectivity index (χ4n) is 1.64. The molecule has 0 radical (unpaired) electrons. The number of aryl methyl sites for hydroxylation is 1. The molecular weight excluding hydrogens is 233 g/mol. The van der Waals surface area contributed by atoms with Gasteiger partial charge in [0, 0.05) is 25.4 Å². The van der Waals surface area contributed by atoms with Crippen molar-refractivity contribution in [2.24, 2.45) is 0 Å². The molecule has 0 saturated carbocycles. The van der Waals surface area contributed by atoms with Gasteiger partial charge in [0.15, 0.2) is 0 Å². The summed E-state index contributed by atoms with van der Waals surface area (Å²) >= 11 is 0. The van der Waals surface area contributed by atoms with Crippen molar-refractivity contribution in [1.82, 2.24) is 15.3 Å². The minimum Gasteiger partial charge on any atom is -0.351 e. The molecule has 4 nitrogen and oxygen atoms in total. The van der Waals surface area contributed by atoms with Gasteiger partial charge in [-0.2, -0.15) is 0 Å². The third-order valence-electron chi connectivity index (χ3n) is 2.57. The summed E-state index contributed by atoms with van der Waals surface area (Å²) < 4.78 is 13.4. The van der Waals surface area contributed by atoms with E-state index in [4.69, 9.17) is 0 Å². The zero-order valence-electron chi connectivity index (χ0n) is 10.0. The first-order valence-corrected chi connectivity index (χ1v) is 5.69. The van der Waals surface area contributed by atoms with Gasteiger partial charge in [-0.3, -0.25) is 4.79 Å². The summed E-state index contributed by atoms with van der Waals surface area (Å²) in [6.45, 7) is 2.23. The van der Waals surface area contributed by atoms with Gasteiger partial charge >= 0.3 is 0 Å². The van der Waals surface area contributed by atoms with Crippen LogP contribution in [0.15, 0.2) is 30.6 Å². The molecule has 0 aliphatic carbocycles. The third-order valence-corrected chi connectivity index (χ3v) is 2.57. The van der Waals surface area contributed by atoms with Gasteiger partial charge in [-0.25, -0.2) is 9.37 Å². The van der Waals surface area contributed by atoms with Crippen LogP contribution in [0.4, 0.5) is 4.39 Å². The van der Waals surface area contributed by atoms with Crippen LogP contribution in [0.3, 0.4) is 0 Å². The molecule has 1 heterocycles. The Morgan fingerprint density at radius 2 is 2.33 bits per heavy atom. The predicted octanol–water partition coefficient (Wildman–Crippen LogP) is 1.83. The smallest absolute Gasteiger partial charge is 0.254 e. The minimum atomic E-state index is -0.504. The molecule has 0 bridgehead atoms. The molecule has 0 unspecified atom stereocenters. The topological polar surface area (TPSA) is 57.8 Å². The van der Waals surface area contributed by atoms with E-state index in [1.165, 1.54) is 12.1 Å². The SMILES string of the molecule is Cc1ccc(F)c(C(=O)NCCc2ncc[nH]2)c1. The maximum atomic E-state index is 13.4. The number of aromatic amines is 1. The summed E-state index contributed by atoms with van der Waals surface area (Å²) in [7, 11) is 0. The van der Waals surface area contributed by atoms with Gasteiger partial charge < -0.3 is 10.3 Å². The van der Waals surface area contributed by atoms with Crippen molar-refractivity contribution in [2.75, 3.05) is 6.54 Å². The number of amides is 1. The Bertz CT molecular complexity index is 537. The van der Waals surface area contributed by atoms with Gasteiger partial charge in [-0.1, -0.05) is 11.6 Å². The van der Waals surface area contributed by atoms with E-state index >= 15 is 0 Å². The van der Waals surface area contributed by atoms with Crippen LogP contribution in [0, 0.1) is 12.7 Å². The second-order valence-electron chi connectivity index (χ2n) is 4.03. The second kappa shape index (κ2) is 5.44. The summed E-state index contributed by atoms with van der Waals surface area (Å²) in [5.74, 6) is -0.112. The monoisotopic (exact) mass is 247 g/mol. The molecule has 1 amide bonds. The van der Waals surface area contributed by atoms with Gasteiger partial charge in [0.05, 0.1) is 5.56 Å². The van der Waals surface area contributed by atoms with Crippen molar-refractivity contribution < 1.29 is 9.18 Å². The van der Waals surface area contributed by atoms with Crippen LogP contribution in [0.1, 0.15) is 21.7 Å². The number of halogens is 1. The number of benzene rings is 1. The maximum Gasteiger partial charge on any atom is 0.254 e. The van der Waals surface area contributed by atoms with Gasteiger partial charge in [-0.15, -0.1) is 0 Å². The standard InChI is InChI=1S/C13H14FN3O/c1-9-2-3-11(14)10(8-9)13(18)17-5-4-12-15-6-7-16-12/h2-3,6-8H,4-5H2,1H3,(H,15,16)(H,17,18). The fourth-order valence-corrected chi connectivity index (χ4v) is 1.64. The summed E-state index contributed by atoms with van der Waals surface area (Å²) in [5, 5.41) is 2.67. The van der Waals surface area contributed by atoms with E-state index in [9.17, 15) is 9.18 Å². The summed E-state index contributed by atoms with van der Waals surface area (Å²) in [6, 6.07) is 4.48. The number of nitrogens with one attached hydrogen (secondary N) is 2. The fraction of sp³-hybridized carbons (Fsp3) is 0.231. The molecule has 0 atom stereocenters. The van der Waals surface area contributed by atoms with Gasteiger partial charge in [-0.05, 0) is 19.1 Å². The first kappa shape index (κ1) is 12.3. The molecule has 5 heteroatoms. The summed E-state index contributed by atoms with van der Waals surface area (Å²) in [4.78, 5) is 18.7. The van der Waals surface area contributed by atoms with E-state index in [1.54, 1.807) is 18.5 Å². The summed E-state index contributed by atoms with van der Waals surface area (Å²) in [5.41, 5.74) is 0.932. The molecule has 2 aromatic rings. The Balaban J connectivity index is 1.93. The number of carbonyl (C=O) groups excluding carboxylic acids is 1. The lowest BCUT2D eigenvalue weighted by Crippen LogP contribution is -2.26. The molecule has 0 aliphatic rings. The van der Waals surface area contributed by atoms with E-state index in [1.807, 2.05) is 6.92 Å². The largest absolute Gasteiger partial charge is 0.351 e. The minimum absolute atomic E-state index is 0.0782. The Kier molecular flexibility index (Phi) is 3.72. The summed E-state index contributed by atoms with van der Waals surface area (Å²) in [6.07, 6.45) is 3.96. The average molecular weight is 247 g/mol. The number of rotatable bonds is 4. The highest BCUT2D eigenvalue weighted by atomic mass is 19.1. The highest BCUT2D eigenvalue weighted by Gasteiger charge is 2.11. The molecule has 0 aliphatic heterocycles. The van der Waals surface area contributed by atoms with E-state index in [2.05, 4.69) is 15.3 Å². The molecule has 18 heavy (non-hydrogen) atoms. The Labute approximate surface area is 104 Å². The highest BCUT2D eigenvalue weighted by Crippen LogP contribution is 2.09. The molecule has 0 fully saturated rings. The van der Waals surface area contributed by atoms with Crippen LogP contribution < -0.4 is 5.32 Å². The number of carbonyl (C=O) groups is 1. The Morgan fingerprint density at radius 1 is 1.50 bits per heavy atom. The lowest BCUT2D eigenvalue weighted by Gasteiger charge is -2.06. The quantitative estimate of drug-likeness (QED) is 0.866. The predicted molar refractivity (Wildman–Crippen MR) is 65.8 cm³/mol. The van der Waals surface area contributed by atoms with Crippen molar-refractivity contribution in [3.63, 3.8) is 0 Å². The number of hydrogen-bond acceptors (Lipinski definition) is 2. The number of aromatic nitrogens is 2. The van der Waals surface area contributed by atoms with Gasteiger partial charge in [0.2, 0.25) is 0 Å². The lowest BCUT2D eigenvalue weighted by molar-refractivity contribution is 0.0950. The van der Waals surface area contributed by atoms with Crippen molar-refractivity contribution >= 4 is 5.91 Å². The first-order valence-electron chi connectivity index (χ1n) is 5.69. The van der Waals surface area contributed by atoms with Crippen LogP contribution in [0.5, 0.6) is 0 Å². The average Bonchev–Trinajstić information content (AvgIpc) is 2.85. The first-order chi connectivity index (χ1) is 8.66. The van der Waals surface area contributed by atoms with E-state index in [0.29, 0.717) is 13.0 Å². The van der Waals surface area contributed by atoms with Gasteiger partial charge in [0.25, 0.3) is 5.91 Å². The molecule has 94 valence electrons. The van der Waals surface area contributed by atoms with E-state index in [-0.39, 0.29) is 5.56 Å². The second-order valence-corrected chi connectivity index (χ2v) is 4.03. The van der Waals surface area contributed by atoms with Gasteiger partial charge in [0.1, 0.15) is 11.6 Å². The van der Waals surface area contributed by atoms with Crippen LogP contribution in [0.25, 0.3) is 0 Å². The Hall–Kier alpha value is -2.17. The van der Waals surface area contributed by atoms with Crippen molar-refractivity contribution in [2.45, 2.75) is 13.3 Å². The number of H-pyrrole nitrogens is 1. The molecule has 1 aromatic carbocycles. The van der Waals surface area contributed by atoms with Crippen molar-refractivity contribution in [3.8, 4) is 0 Å². The van der Waals surface area contributed by atoms with Crippen LogP contribution in [-0.2, 0) is 6.42 Å². The number of hydrogen-bond donors (Lipinski definition) is 2. The molecule has 1 aromatic heterocycles. The van der Waals surface area contributed by atoms with E-state index < -0.39 is 11.7 Å². The number of nitrogens with zero attached hydrogens (tertiary/aromatic N) is 1. The van der Waals surface area contributed by atoms with E-state index in [0.717, 1.165) is 11.4 Å². The lowest BCUT2D eigenvalue weighted by atomic mass is 10.1. The normalized spacial score (nSPS) is 10.3. The van der Waals surface area contributed by atoms with Crippen LogP contribution in [0.2, 0.25) is 0 Å². The molecule has 2 N–H and O–H groups in total. The zero-order valence-corrected chi connectivity index (χ0v) is 10.0. The van der Waals surface area contributed by atoms with Crippen molar-refractivity contribution in [1.29, 1.82) is 0 Å². The third kappa shape index (κ3) is 2.94. The molecule has 0 spiro atoms. The highest BCUT2D eigenvalue weighted by molar-refractivity contribution is 5.94. The maximum absolute atomic E-state index is 13.4. The van der Waals surface area contributed by atoms with Crippen LogP contribution >= 0.6 is 0 Å². The number of imidazole rings is 1. The molecular formula is C13H14FN3O. The Morgan fingerprint density at radius 3 is 3.06 bits per heavy atom. The molecule has 0 saturated heterocycles.